The van der Waals surface area contributed by atoms with Crippen LogP contribution in [-0.2, 0) is 32.1 Å². The summed E-state index contributed by atoms with van der Waals surface area (Å²) < 4.78 is 9.81. The first-order chi connectivity index (χ1) is 14.5. The Morgan fingerprint density at radius 2 is 1.50 bits per heavy atom. The van der Waals surface area contributed by atoms with Gasteiger partial charge in [-0.2, -0.15) is 0 Å². The predicted octanol–water partition coefficient (Wildman–Crippen LogP) is 1.56. The van der Waals surface area contributed by atoms with Crippen molar-refractivity contribution in [2.24, 2.45) is 0 Å². The number of esters is 1. The highest BCUT2D eigenvalue weighted by atomic mass is 16.5. The number of rotatable bonds is 10. The zero-order chi connectivity index (χ0) is 21.8. The maximum Gasteiger partial charge on any atom is 0.408 e. The van der Waals surface area contributed by atoms with E-state index in [0.29, 0.717) is 12.8 Å². The Balaban J connectivity index is 1.89. The van der Waals surface area contributed by atoms with E-state index in [1.165, 1.54) is 7.11 Å². The molecule has 2 amide bonds. The van der Waals surface area contributed by atoms with Crippen LogP contribution < -0.4 is 10.6 Å². The number of ether oxygens (including phenoxy) is 2. The fraction of sp³-hybridized carbons (Fsp3) is 0.318. The number of amides is 2. The summed E-state index contributed by atoms with van der Waals surface area (Å²) in [5.74, 6) is -1.32. The standard InChI is InChI=1S/C22H26N2O6/c1-29-21(27)18(13-12-16-8-4-2-5-9-16)23-20(26)19(14-25)24-22(28)30-15-17-10-6-3-7-11-17/h2-11,18-19,25H,12-15H2,1H3,(H,23,26)(H,24,28)/t18-,19-/m0/s1. The molecule has 2 atom stereocenters. The third-order valence-electron chi connectivity index (χ3n) is 4.37. The van der Waals surface area contributed by atoms with Crippen molar-refractivity contribution in [3.8, 4) is 0 Å². The molecule has 160 valence electrons. The van der Waals surface area contributed by atoms with Gasteiger partial charge in [0.25, 0.3) is 0 Å². The molecule has 0 aliphatic rings. The van der Waals surface area contributed by atoms with Crippen LogP contribution in [0.1, 0.15) is 17.5 Å². The van der Waals surface area contributed by atoms with E-state index in [1.807, 2.05) is 48.5 Å². The minimum Gasteiger partial charge on any atom is -0.467 e. The molecule has 8 nitrogen and oxygen atoms in total. The number of alkyl carbamates (subject to hydrolysis) is 1. The smallest absolute Gasteiger partial charge is 0.408 e. The van der Waals surface area contributed by atoms with Crippen LogP contribution in [0.25, 0.3) is 0 Å². The molecule has 0 saturated carbocycles. The van der Waals surface area contributed by atoms with Crippen LogP contribution in [-0.4, -0.2) is 48.9 Å². The Morgan fingerprint density at radius 3 is 2.07 bits per heavy atom. The lowest BCUT2D eigenvalue weighted by molar-refractivity contribution is -0.145. The second kappa shape index (κ2) is 12.2. The van der Waals surface area contributed by atoms with Gasteiger partial charge in [0, 0.05) is 0 Å². The number of hydrogen-bond donors (Lipinski definition) is 3. The van der Waals surface area contributed by atoms with Crippen molar-refractivity contribution in [1.29, 1.82) is 0 Å². The van der Waals surface area contributed by atoms with Gasteiger partial charge < -0.3 is 25.2 Å². The van der Waals surface area contributed by atoms with Crippen molar-refractivity contribution < 1.29 is 29.0 Å². The molecule has 30 heavy (non-hydrogen) atoms. The van der Waals surface area contributed by atoms with E-state index in [9.17, 15) is 19.5 Å². The normalized spacial score (nSPS) is 12.3. The average molecular weight is 414 g/mol. The van der Waals surface area contributed by atoms with Crippen LogP contribution in [0.15, 0.2) is 60.7 Å². The second-order valence-electron chi connectivity index (χ2n) is 6.55. The molecule has 2 rings (SSSR count). The van der Waals surface area contributed by atoms with Gasteiger partial charge in [-0.15, -0.1) is 0 Å². The summed E-state index contributed by atoms with van der Waals surface area (Å²) in [6.07, 6.45) is -0.0112. The Hall–Kier alpha value is -3.39. The fourth-order valence-corrected chi connectivity index (χ4v) is 2.72. The molecule has 2 aromatic carbocycles. The fourth-order valence-electron chi connectivity index (χ4n) is 2.72. The minimum absolute atomic E-state index is 0.0221. The number of benzene rings is 2. The van der Waals surface area contributed by atoms with Crippen LogP contribution in [0, 0.1) is 0 Å². The van der Waals surface area contributed by atoms with E-state index < -0.39 is 36.7 Å². The molecule has 0 bridgehead atoms. The molecule has 2 aromatic rings. The molecule has 0 aromatic heterocycles. The Kier molecular flexibility index (Phi) is 9.33. The van der Waals surface area contributed by atoms with E-state index in [-0.39, 0.29) is 6.61 Å². The van der Waals surface area contributed by atoms with Crippen molar-refractivity contribution in [2.45, 2.75) is 31.5 Å². The van der Waals surface area contributed by atoms with E-state index >= 15 is 0 Å². The summed E-state index contributed by atoms with van der Waals surface area (Å²) in [7, 11) is 1.23. The Labute approximate surface area is 175 Å². The van der Waals surface area contributed by atoms with Crippen LogP contribution in [0.4, 0.5) is 4.79 Å². The monoisotopic (exact) mass is 414 g/mol. The summed E-state index contributed by atoms with van der Waals surface area (Å²) in [5, 5.41) is 14.3. The third-order valence-corrected chi connectivity index (χ3v) is 4.37. The molecule has 0 fully saturated rings. The first kappa shape index (κ1) is 22.9. The van der Waals surface area contributed by atoms with Crippen molar-refractivity contribution in [3.63, 3.8) is 0 Å². The molecule has 0 aliphatic carbocycles. The van der Waals surface area contributed by atoms with Crippen LogP contribution >= 0.6 is 0 Å². The first-order valence-electron chi connectivity index (χ1n) is 9.53. The largest absolute Gasteiger partial charge is 0.467 e. The summed E-state index contributed by atoms with van der Waals surface area (Å²) in [6, 6.07) is 16.3. The Bertz CT molecular complexity index is 813. The number of aliphatic hydroxyl groups excluding tert-OH is 1. The van der Waals surface area contributed by atoms with Crippen LogP contribution in [0.5, 0.6) is 0 Å². The molecular formula is C22H26N2O6. The van der Waals surface area contributed by atoms with E-state index in [4.69, 9.17) is 9.47 Å². The van der Waals surface area contributed by atoms with Gasteiger partial charge in [0.15, 0.2) is 0 Å². The van der Waals surface area contributed by atoms with Gasteiger partial charge in [-0.3, -0.25) is 4.79 Å². The lowest BCUT2D eigenvalue weighted by Gasteiger charge is -2.21. The highest BCUT2D eigenvalue weighted by molar-refractivity contribution is 5.89. The summed E-state index contributed by atoms with van der Waals surface area (Å²) in [6.45, 7) is -0.632. The molecule has 8 heteroatoms. The molecule has 3 N–H and O–H groups in total. The maximum absolute atomic E-state index is 12.5. The zero-order valence-corrected chi connectivity index (χ0v) is 16.7. The summed E-state index contributed by atoms with van der Waals surface area (Å²) >= 11 is 0. The molecule has 0 spiro atoms. The number of aryl methyl sites for hydroxylation is 1. The van der Waals surface area contributed by atoms with Crippen LogP contribution in [0.2, 0.25) is 0 Å². The summed E-state index contributed by atoms with van der Waals surface area (Å²) in [5.41, 5.74) is 1.78. The topological polar surface area (TPSA) is 114 Å². The van der Waals surface area contributed by atoms with Gasteiger partial charge in [0.2, 0.25) is 5.91 Å². The average Bonchev–Trinajstić information content (AvgIpc) is 2.79. The maximum atomic E-state index is 12.5. The Morgan fingerprint density at radius 1 is 0.900 bits per heavy atom. The van der Waals surface area contributed by atoms with Gasteiger partial charge in [-0.05, 0) is 24.0 Å². The molecule has 0 radical (unpaired) electrons. The van der Waals surface area contributed by atoms with E-state index in [0.717, 1.165) is 11.1 Å². The number of carbonyl (C=O) groups excluding carboxylic acids is 3. The first-order valence-corrected chi connectivity index (χ1v) is 9.53. The van der Waals surface area contributed by atoms with Gasteiger partial charge >= 0.3 is 12.1 Å². The van der Waals surface area contributed by atoms with Crippen LogP contribution in [0.3, 0.4) is 0 Å². The third kappa shape index (κ3) is 7.56. The summed E-state index contributed by atoms with van der Waals surface area (Å²) in [4.78, 5) is 36.5. The van der Waals surface area contributed by atoms with Crippen molar-refractivity contribution >= 4 is 18.0 Å². The molecule has 0 heterocycles. The highest BCUT2D eigenvalue weighted by Crippen LogP contribution is 2.07. The number of hydrogen-bond acceptors (Lipinski definition) is 6. The molecule has 0 aliphatic heterocycles. The van der Waals surface area contributed by atoms with Gasteiger partial charge in [-0.25, -0.2) is 9.59 Å². The van der Waals surface area contributed by atoms with Gasteiger partial charge in [0.1, 0.15) is 18.7 Å². The second-order valence-corrected chi connectivity index (χ2v) is 6.55. The number of carbonyl (C=O) groups is 3. The van der Waals surface area contributed by atoms with E-state index in [2.05, 4.69) is 10.6 Å². The van der Waals surface area contributed by atoms with Gasteiger partial charge in [-0.1, -0.05) is 60.7 Å². The lowest BCUT2D eigenvalue weighted by atomic mass is 10.0. The van der Waals surface area contributed by atoms with Crippen molar-refractivity contribution in [1.82, 2.24) is 10.6 Å². The molecule has 0 saturated heterocycles. The molecular weight excluding hydrogens is 388 g/mol. The van der Waals surface area contributed by atoms with Crippen molar-refractivity contribution in [3.05, 3.63) is 71.8 Å². The quantitative estimate of drug-likeness (QED) is 0.509. The van der Waals surface area contributed by atoms with Gasteiger partial charge in [0.05, 0.1) is 13.7 Å². The van der Waals surface area contributed by atoms with E-state index in [1.54, 1.807) is 12.1 Å². The SMILES string of the molecule is COC(=O)[C@H](CCc1ccccc1)NC(=O)[C@H](CO)NC(=O)OCc1ccccc1. The number of aliphatic hydroxyl groups is 1. The number of methoxy groups -OCH3 is 1. The minimum atomic E-state index is -1.27. The molecule has 0 unspecified atom stereocenters. The highest BCUT2D eigenvalue weighted by Gasteiger charge is 2.27. The number of nitrogens with one attached hydrogen (secondary N) is 2. The van der Waals surface area contributed by atoms with Crippen molar-refractivity contribution in [2.75, 3.05) is 13.7 Å². The zero-order valence-electron chi connectivity index (χ0n) is 16.7. The lowest BCUT2D eigenvalue weighted by Crippen LogP contribution is -2.53. The predicted molar refractivity (Wildman–Crippen MR) is 109 cm³/mol.